The van der Waals surface area contributed by atoms with Crippen LogP contribution in [0.5, 0.6) is 28.7 Å². The van der Waals surface area contributed by atoms with Gasteiger partial charge in [0.15, 0.2) is 0 Å². The fraction of sp³-hybridized carbons (Fsp3) is 0.0682. The second-order valence-electron chi connectivity index (χ2n) is 11.4. The summed E-state index contributed by atoms with van der Waals surface area (Å²) in [5.74, 6) is 11.5. The van der Waals surface area contributed by atoms with Gasteiger partial charge in [0, 0.05) is 17.3 Å². The molecule has 2 heterocycles. The molecule has 0 radical (unpaired) electrons. The summed E-state index contributed by atoms with van der Waals surface area (Å²) in [4.78, 5) is 15.8. The van der Waals surface area contributed by atoms with E-state index in [-0.39, 0.29) is 5.91 Å². The number of anilines is 1. The minimum Gasteiger partial charge on any atom is -0.495 e. The molecule has 0 fully saturated rings. The number of aromatic amines is 1. The maximum atomic E-state index is 12.7. The summed E-state index contributed by atoms with van der Waals surface area (Å²) in [6.07, 6.45) is 6.76. The Kier molecular flexibility index (Phi) is 11.1. The molecule has 0 bridgehead atoms. The Labute approximate surface area is 302 Å². The number of H-pyrrole nitrogens is 1. The average Bonchev–Trinajstić information content (AvgIpc) is 3.78. The first-order valence-electron chi connectivity index (χ1n) is 16.3. The fourth-order valence-corrected chi connectivity index (χ4v) is 5.31. The second-order valence-corrected chi connectivity index (χ2v) is 11.4. The van der Waals surface area contributed by atoms with Crippen LogP contribution in [0, 0.1) is 24.2 Å². The number of para-hydroxylation sites is 2. The van der Waals surface area contributed by atoms with E-state index >= 15 is 0 Å². The number of terminal acetylenes is 1. The van der Waals surface area contributed by atoms with Gasteiger partial charge in [0.25, 0.3) is 5.91 Å². The number of hydrogen-bond acceptors (Lipinski definition) is 6. The van der Waals surface area contributed by atoms with Gasteiger partial charge in [-0.1, -0.05) is 84.5 Å². The molecular formula is C44H34N2O6. The zero-order valence-electron chi connectivity index (χ0n) is 28.1. The van der Waals surface area contributed by atoms with E-state index in [0.717, 1.165) is 11.5 Å². The smallest absolute Gasteiger partial charge is 0.256 e. The molecule has 7 rings (SSSR count). The van der Waals surface area contributed by atoms with Crippen LogP contribution in [0.4, 0.5) is 5.69 Å². The predicted molar refractivity (Wildman–Crippen MR) is 202 cm³/mol. The number of hydrogen-bond donors (Lipinski definition) is 4. The Balaban J connectivity index is 0.000000229. The molecule has 256 valence electrons. The van der Waals surface area contributed by atoms with Gasteiger partial charge >= 0.3 is 0 Å². The Bertz CT molecular complexity index is 2260. The van der Waals surface area contributed by atoms with Crippen LogP contribution < -0.4 is 19.5 Å². The van der Waals surface area contributed by atoms with Gasteiger partial charge in [-0.3, -0.25) is 4.79 Å². The van der Waals surface area contributed by atoms with Gasteiger partial charge in [0.2, 0.25) is 0 Å². The number of fused-ring (bicyclic) bond motifs is 1. The number of carbonyl (C=O) groups is 1. The highest BCUT2D eigenvalue weighted by molar-refractivity contribution is 6.35. The van der Waals surface area contributed by atoms with Crippen molar-refractivity contribution in [3.63, 3.8) is 0 Å². The Hall–Kier alpha value is -6.97. The Morgan fingerprint density at radius 2 is 1.25 bits per heavy atom. The van der Waals surface area contributed by atoms with Gasteiger partial charge in [0.1, 0.15) is 41.0 Å². The van der Waals surface area contributed by atoms with E-state index < -0.39 is 12.2 Å². The van der Waals surface area contributed by atoms with Crippen LogP contribution >= 0.6 is 0 Å². The van der Waals surface area contributed by atoms with Gasteiger partial charge in [-0.15, -0.1) is 6.42 Å². The predicted octanol–water partition coefficient (Wildman–Crippen LogP) is 8.54. The van der Waals surface area contributed by atoms with Crippen molar-refractivity contribution in [3.8, 4) is 52.9 Å². The Morgan fingerprint density at radius 1 is 0.692 bits per heavy atom. The van der Waals surface area contributed by atoms with E-state index in [1.54, 1.807) is 74.0 Å². The molecule has 2 atom stereocenters. The summed E-state index contributed by atoms with van der Waals surface area (Å²) in [5, 5.41) is 23.0. The summed E-state index contributed by atoms with van der Waals surface area (Å²) in [5.41, 5.74) is 4.50. The molecule has 52 heavy (non-hydrogen) atoms. The monoisotopic (exact) mass is 686 g/mol. The third kappa shape index (κ3) is 8.60. The van der Waals surface area contributed by atoms with Crippen molar-refractivity contribution in [3.05, 3.63) is 168 Å². The van der Waals surface area contributed by atoms with Crippen LogP contribution in [-0.4, -0.2) is 28.2 Å². The van der Waals surface area contributed by atoms with Crippen molar-refractivity contribution in [2.24, 2.45) is 0 Å². The van der Waals surface area contributed by atoms with Crippen LogP contribution in [-0.2, 0) is 4.79 Å². The van der Waals surface area contributed by atoms with Crippen molar-refractivity contribution in [1.82, 2.24) is 4.98 Å². The molecule has 5 aromatic carbocycles. The van der Waals surface area contributed by atoms with Crippen molar-refractivity contribution in [1.29, 1.82) is 0 Å². The van der Waals surface area contributed by atoms with Crippen molar-refractivity contribution in [2.75, 3.05) is 12.4 Å². The summed E-state index contributed by atoms with van der Waals surface area (Å²) in [6, 6.07) is 40.5. The first-order valence-corrected chi connectivity index (χ1v) is 16.3. The third-order valence-corrected chi connectivity index (χ3v) is 7.93. The number of ether oxygens (including phenoxy) is 3. The number of aliphatic hydroxyl groups excluding tert-OH is 2. The topological polar surface area (TPSA) is 113 Å². The molecule has 1 aromatic heterocycles. The number of rotatable bonds is 8. The molecule has 0 spiro atoms. The van der Waals surface area contributed by atoms with Gasteiger partial charge in [-0.05, 0) is 83.9 Å². The maximum Gasteiger partial charge on any atom is 0.256 e. The molecule has 1 aliphatic heterocycles. The zero-order valence-corrected chi connectivity index (χ0v) is 28.1. The van der Waals surface area contributed by atoms with Crippen molar-refractivity contribution in [2.45, 2.75) is 12.2 Å². The van der Waals surface area contributed by atoms with Crippen molar-refractivity contribution < 1.29 is 29.2 Å². The summed E-state index contributed by atoms with van der Waals surface area (Å²) >= 11 is 0. The Morgan fingerprint density at radius 3 is 1.81 bits per heavy atom. The minimum atomic E-state index is -1.00. The summed E-state index contributed by atoms with van der Waals surface area (Å²) in [6.45, 7) is 0. The summed E-state index contributed by atoms with van der Waals surface area (Å²) in [7, 11) is 1.58. The van der Waals surface area contributed by atoms with E-state index in [0.29, 0.717) is 56.5 Å². The number of carbonyl (C=O) groups excluding carboxylic acids is 1. The van der Waals surface area contributed by atoms with Crippen LogP contribution in [0.2, 0.25) is 0 Å². The molecule has 1 amide bonds. The van der Waals surface area contributed by atoms with Crippen LogP contribution in [0.1, 0.15) is 40.2 Å². The average molecular weight is 687 g/mol. The number of amides is 1. The molecule has 1 aliphatic rings. The van der Waals surface area contributed by atoms with Gasteiger partial charge in [-0.2, -0.15) is 0 Å². The SMILES string of the molecule is C#CC(O)c1ccc(Oc2ccccc2)cc1.COc1cc[nH]c1C=C1C(=O)Nc2cccc(C#CC(O)c3ccc(Oc4ccccc4)cc3)c21. The lowest BCUT2D eigenvalue weighted by molar-refractivity contribution is -0.110. The van der Waals surface area contributed by atoms with Crippen molar-refractivity contribution >= 4 is 23.2 Å². The highest BCUT2D eigenvalue weighted by Crippen LogP contribution is 2.36. The fourth-order valence-electron chi connectivity index (χ4n) is 5.31. The highest BCUT2D eigenvalue weighted by Gasteiger charge is 2.27. The number of methoxy groups -OCH3 is 1. The number of aromatic nitrogens is 1. The minimum absolute atomic E-state index is 0.222. The molecule has 0 saturated carbocycles. The van der Waals surface area contributed by atoms with Crippen LogP contribution in [0.3, 0.4) is 0 Å². The van der Waals surface area contributed by atoms with Gasteiger partial charge in [-0.25, -0.2) is 0 Å². The molecule has 8 heteroatoms. The zero-order chi connectivity index (χ0) is 36.3. The molecule has 6 aromatic rings. The van der Waals surface area contributed by atoms with E-state index in [9.17, 15) is 15.0 Å². The lowest BCUT2D eigenvalue weighted by Crippen LogP contribution is -2.03. The molecule has 0 aliphatic carbocycles. The van der Waals surface area contributed by atoms with E-state index in [1.807, 2.05) is 78.9 Å². The van der Waals surface area contributed by atoms with Gasteiger partial charge < -0.3 is 34.7 Å². The second kappa shape index (κ2) is 16.6. The maximum absolute atomic E-state index is 12.7. The number of aliphatic hydroxyl groups is 2. The van der Waals surface area contributed by atoms with Gasteiger partial charge in [0.05, 0.1) is 24.1 Å². The quantitative estimate of drug-likeness (QED) is 0.0943. The normalized spacial score (nSPS) is 13.2. The standard InChI is InChI=1S/C29H22N2O4.C15H12O2/c1-34-27-16-17-30-25(27)18-23-28-20(6-5-9-24(28)31-29(23)33)12-15-26(32)19-10-13-22(14-11-19)35-21-7-3-2-4-8-21;1-2-15(16)12-8-10-14(11-9-12)17-13-6-4-3-5-7-13/h2-11,13-14,16-18,26,30,32H,1H3,(H,31,33);1,3-11,15-16H. The number of nitrogens with one attached hydrogen (secondary N) is 2. The first kappa shape index (κ1) is 34.9. The van der Waals surface area contributed by atoms with E-state index in [1.165, 1.54) is 0 Å². The largest absolute Gasteiger partial charge is 0.495 e. The molecule has 0 saturated heterocycles. The third-order valence-electron chi connectivity index (χ3n) is 7.93. The van der Waals surface area contributed by atoms with E-state index in [2.05, 4.69) is 28.1 Å². The van der Waals surface area contributed by atoms with E-state index in [4.69, 9.17) is 20.6 Å². The summed E-state index contributed by atoms with van der Waals surface area (Å²) < 4.78 is 16.8. The van der Waals surface area contributed by atoms with Crippen LogP contribution in [0.25, 0.3) is 11.6 Å². The lowest BCUT2D eigenvalue weighted by Gasteiger charge is -2.08. The molecule has 8 nitrogen and oxygen atoms in total. The lowest BCUT2D eigenvalue weighted by atomic mass is 9.99. The number of benzene rings is 5. The highest BCUT2D eigenvalue weighted by atomic mass is 16.5. The molecule has 2 unspecified atom stereocenters. The molecule has 4 N–H and O–H groups in total. The first-order chi connectivity index (χ1) is 25.4. The molecular weight excluding hydrogens is 652 g/mol. The van der Waals surface area contributed by atoms with Crippen LogP contribution in [0.15, 0.2) is 140 Å².